The average Bonchev–Trinajstić information content (AvgIpc) is 3.06. The molecular formula is C15H15FN2O3. The highest BCUT2D eigenvalue weighted by Gasteiger charge is 2.30. The van der Waals surface area contributed by atoms with E-state index in [4.69, 9.17) is 5.11 Å². The zero-order valence-corrected chi connectivity index (χ0v) is 11.3. The number of nitrogens with zero attached hydrogens (tertiary/aromatic N) is 1. The number of aliphatic carboxylic acids is 1. The second-order valence-corrected chi connectivity index (χ2v) is 5.34. The number of benzene rings is 1. The minimum Gasteiger partial charge on any atom is -0.481 e. The Balaban J connectivity index is 1.74. The van der Waals surface area contributed by atoms with E-state index in [-0.39, 0.29) is 24.7 Å². The third-order valence-electron chi connectivity index (χ3n) is 3.96. The number of aromatic nitrogens is 1. The lowest BCUT2D eigenvalue weighted by molar-refractivity contribution is -0.141. The van der Waals surface area contributed by atoms with Crippen molar-refractivity contribution in [3.63, 3.8) is 0 Å². The molecule has 2 heterocycles. The number of halogens is 1. The number of fused-ring (bicyclic) bond motifs is 1. The maximum Gasteiger partial charge on any atom is 0.308 e. The number of hydrogen-bond acceptors (Lipinski definition) is 2. The number of likely N-dealkylation sites (tertiary alicyclic amines) is 1. The van der Waals surface area contributed by atoms with Crippen LogP contribution in [-0.4, -0.2) is 40.0 Å². The van der Waals surface area contributed by atoms with Crippen LogP contribution in [0.3, 0.4) is 0 Å². The van der Waals surface area contributed by atoms with E-state index in [1.807, 2.05) is 0 Å². The van der Waals surface area contributed by atoms with Crippen molar-refractivity contribution >= 4 is 22.8 Å². The van der Waals surface area contributed by atoms with Crippen LogP contribution in [-0.2, 0) is 16.0 Å². The van der Waals surface area contributed by atoms with Gasteiger partial charge in [0.05, 0.1) is 12.3 Å². The van der Waals surface area contributed by atoms with Gasteiger partial charge in [0.25, 0.3) is 0 Å². The zero-order chi connectivity index (χ0) is 15.0. The van der Waals surface area contributed by atoms with Gasteiger partial charge in [-0.3, -0.25) is 9.59 Å². The minimum atomic E-state index is -0.854. The average molecular weight is 290 g/mol. The van der Waals surface area contributed by atoms with Crippen molar-refractivity contribution in [2.75, 3.05) is 13.1 Å². The molecule has 5 nitrogen and oxygen atoms in total. The number of carboxylic acid groups (broad SMARTS) is 1. The molecule has 1 fully saturated rings. The molecule has 1 saturated heterocycles. The number of nitrogens with one attached hydrogen (secondary N) is 1. The number of rotatable bonds is 3. The molecule has 1 unspecified atom stereocenters. The summed E-state index contributed by atoms with van der Waals surface area (Å²) in [5.41, 5.74) is 1.46. The summed E-state index contributed by atoms with van der Waals surface area (Å²) >= 11 is 0. The van der Waals surface area contributed by atoms with E-state index in [0.29, 0.717) is 18.5 Å². The number of amides is 1. The van der Waals surface area contributed by atoms with Crippen LogP contribution in [0, 0.1) is 11.7 Å². The van der Waals surface area contributed by atoms with Gasteiger partial charge in [-0.15, -0.1) is 0 Å². The smallest absolute Gasteiger partial charge is 0.308 e. The second-order valence-electron chi connectivity index (χ2n) is 5.34. The summed E-state index contributed by atoms with van der Waals surface area (Å²) in [6, 6.07) is 4.40. The lowest BCUT2D eigenvalue weighted by Crippen LogP contribution is -2.31. The van der Waals surface area contributed by atoms with Crippen molar-refractivity contribution in [1.82, 2.24) is 9.88 Å². The van der Waals surface area contributed by atoms with Crippen molar-refractivity contribution in [2.24, 2.45) is 5.92 Å². The molecule has 2 N–H and O–H groups in total. The van der Waals surface area contributed by atoms with Crippen LogP contribution in [0.2, 0.25) is 0 Å². The summed E-state index contributed by atoms with van der Waals surface area (Å²) in [4.78, 5) is 27.7. The van der Waals surface area contributed by atoms with Gasteiger partial charge in [-0.05, 0) is 30.2 Å². The molecule has 0 aliphatic carbocycles. The van der Waals surface area contributed by atoms with Gasteiger partial charge in [0, 0.05) is 30.2 Å². The van der Waals surface area contributed by atoms with Crippen LogP contribution in [0.5, 0.6) is 0 Å². The normalized spacial score (nSPS) is 18.3. The number of aromatic amines is 1. The van der Waals surface area contributed by atoms with E-state index < -0.39 is 11.9 Å². The molecular weight excluding hydrogens is 275 g/mol. The van der Waals surface area contributed by atoms with E-state index in [0.717, 1.165) is 10.9 Å². The summed E-state index contributed by atoms with van der Waals surface area (Å²) < 4.78 is 13.1. The molecule has 0 bridgehead atoms. The van der Waals surface area contributed by atoms with Crippen molar-refractivity contribution in [2.45, 2.75) is 12.8 Å². The number of H-pyrrole nitrogens is 1. The Kier molecular flexibility index (Phi) is 3.37. The number of hydrogen-bond donors (Lipinski definition) is 2. The molecule has 6 heteroatoms. The standard InChI is InChI=1S/C15H15FN2O3/c16-11-1-2-12-10(7-17-13(12)6-11)5-14(19)18-4-3-9(8-18)15(20)21/h1-2,6-7,9,17H,3-5,8H2,(H,20,21). The van der Waals surface area contributed by atoms with Gasteiger partial charge in [0.2, 0.25) is 5.91 Å². The highest BCUT2D eigenvalue weighted by molar-refractivity contribution is 5.89. The van der Waals surface area contributed by atoms with Crippen LogP contribution in [0.4, 0.5) is 4.39 Å². The quantitative estimate of drug-likeness (QED) is 0.905. The molecule has 0 saturated carbocycles. The third kappa shape index (κ3) is 2.61. The second kappa shape index (κ2) is 5.20. The summed E-state index contributed by atoms with van der Waals surface area (Å²) in [6.45, 7) is 0.748. The van der Waals surface area contributed by atoms with Gasteiger partial charge < -0.3 is 15.0 Å². The van der Waals surface area contributed by atoms with E-state index in [2.05, 4.69) is 4.98 Å². The Morgan fingerprint density at radius 3 is 2.95 bits per heavy atom. The molecule has 21 heavy (non-hydrogen) atoms. The molecule has 0 spiro atoms. The molecule has 110 valence electrons. The fourth-order valence-corrected chi connectivity index (χ4v) is 2.77. The number of carbonyl (C=O) groups is 2. The van der Waals surface area contributed by atoms with Gasteiger partial charge in [0.1, 0.15) is 5.82 Å². The van der Waals surface area contributed by atoms with Crippen LogP contribution in [0.25, 0.3) is 10.9 Å². The first-order valence-corrected chi connectivity index (χ1v) is 6.80. The van der Waals surface area contributed by atoms with Crippen LogP contribution >= 0.6 is 0 Å². The van der Waals surface area contributed by atoms with Crippen LogP contribution in [0.1, 0.15) is 12.0 Å². The fraction of sp³-hybridized carbons (Fsp3) is 0.333. The van der Waals surface area contributed by atoms with Gasteiger partial charge in [0.15, 0.2) is 0 Å². The molecule has 1 aliphatic heterocycles. The number of carboxylic acids is 1. The Morgan fingerprint density at radius 1 is 1.43 bits per heavy atom. The van der Waals surface area contributed by atoms with E-state index >= 15 is 0 Å². The summed E-state index contributed by atoms with van der Waals surface area (Å²) in [7, 11) is 0. The van der Waals surface area contributed by atoms with Crippen molar-refractivity contribution < 1.29 is 19.1 Å². The van der Waals surface area contributed by atoms with Gasteiger partial charge in [-0.25, -0.2) is 4.39 Å². The Bertz CT molecular complexity index is 710. The van der Waals surface area contributed by atoms with E-state index in [1.165, 1.54) is 12.1 Å². The predicted molar refractivity (Wildman–Crippen MR) is 74.3 cm³/mol. The van der Waals surface area contributed by atoms with Gasteiger partial charge >= 0.3 is 5.97 Å². The van der Waals surface area contributed by atoms with Gasteiger partial charge in [-0.2, -0.15) is 0 Å². The van der Waals surface area contributed by atoms with Crippen molar-refractivity contribution in [3.05, 3.63) is 35.8 Å². The van der Waals surface area contributed by atoms with E-state index in [1.54, 1.807) is 17.2 Å². The molecule has 1 aromatic carbocycles. The molecule has 1 aromatic heterocycles. The zero-order valence-electron chi connectivity index (χ0n) is 11.3. The Hall–Kier alpha value is -2.37. The molecule has 0 radical (unpaired) electrons. The van der Waals surface area contributed by atoms with Gasteiger partial charge in [-0.1, -0.05) is 0 Å². The summed E-state index contributed by atoms with van der Waals surface area (Å²) in [6.07, 6.45) is 2.39. The van der Waals surface area contributed by atoms with E-state index in [9.17, 15) is 14.0 Å². The monoisotopic (exact) mass is 290 g/mol. The lowest BCUT2D eigenvalue weighted by Gasteiger charge is -2.15. The Morgan fingerprint density at radius 2 is 2.24 bits per heavy atom. The highest BCUT2D eigenvalue weighted by atomic mass is 19.1. The first-order chi connectivity index (χ1) is 10.0. The fourth-order valence-electron chi connectivity index (χ4n) is 2.77. The third-order valence-corrected chi connectivity index (χ3v) is 3.96. The molecule has 3 rings (SSSR count). The van der Waals surface area contributed by atoms with Crippen molar-refractivity contribution in [3.8, 4) is 0 Å². The molecule has 1 atom stereocenters. The molecule has 1 amide bonds. The minimum absolute atomic E-state index is 0.0935. The lowest BCUT2D eigenvalue weighted by atomic mass is 10.1. The van der Waals surface area contributed by atoms with Crippen LogP contribution in [0.15, 0.2) is 24.4 Å². The Labute approximate surface area is 120 Å². The summed E-state index contributed by atoms with van der Waals surface area (Å²) in [5, 5.41) is 9.78. The number of carbonyl (C=O) groups excluding carboxylic acids is 1. The largest absolute Gasteiger partial charge is 0.481 e. The maximum absolute atomic E-state index is 13.1. The predicted octanol–water partition coefficient (Wildman–Crippen LogP) is 1.78. The summed E-state index contributed by atoms with van der Waals surface area (Å²) in [5.74, 6) is -1.74. The molecule has 1 aliphatic rings. The molecule has 2 aromatic rings. The highest BCUT2D eigenvalue weighted by Crippen LogP contribution is 2.22. The SMILES string of the molecule is O=C(O)C1CCN(C(=O)Cc2c[nH]c3cc(F)ccc23)C1. The topological polar surface area (TPSA) is 73.4 Å². The van der Waals surface area contributed by atoms with Crippen molar-refractivity contribution in [1.29, 1.82) is 0 Å². The first kappa shape index (κ1) is 13.6. The first-order valence-electron chi connectivity index (χ1n) is 6.80. The van der Waals surface area contributed by atoms with Crippen LogP contribution < -0.4 is 0 Å². The maximum atomic E-state index is 13.1.